The highest BCUT2D eigenvalue weighted by Gasteiger charge is 2.26. The van der Waals surface area contributed by atoms with Gasteiger partial charge in [-0.3, -0.25) is 9.69 Å². The first-order chi connectivity index (χ1) is 13.3. The lowest BCUT2D eigenvalue weighted by atomic mass is 10.1. The van der Waals surface area contributed by atoms with Crippen molar-refractivity contribution in [3.8, 4) is 0 Å². The summed E-state index contributed by atoms with van der Waals surface area (Å²) >= 11 is 0. The van der Waals surface area contributed by atoms with E-state index >= 15 is 0 Å². The zero-order chi connectivity index (χ0) is 20.7. The van der Waals surface area contributed by atoms with Gasteiger partial charge in [-0.1, -0.05) is 23.4 Å². The van der Waals surface area contributed by atoms with E-state index in [0.29, 0.717) is 0 Å². The summed E-state index contributed by atoms with van der Waals surface area (Å²) in [6.45, 7) is 13.9. The fraction of sp³-hybridized carbons (Fsp3) is 0.619. The van der Waals surface area contributed by atoms with Crippen LogP contribution in [0.3, 0.4) is 0 Å². The van der Waals surface area contributed by atoms with Gasteiger partial charge >= 0.3 is 0 Å². The molecule has 0 radical (unpaired) electrons. The van der Waals surface area contributed by atoms with Crippen LogP contribution >= 0.6 is 0 Å². The number of amides is 1. The average molecular weight is 391 g/mol. The number of amidine groups is 1. The third kappa shape index (κ3) is 6.21. The molecule has 1 aromatic carbocycles. The first-order valence-electron chi connectivity index (χ1n) is 10.0. The number of carbonyl (C=O) groups excluding carboxylic acids is 1. The zero-order valence-electron chi connectivity index (χ0n) is 17.7. The molecule has 156 valence electrons. The molecule has 1 amide bonds. The molecule has 28 heavy (non-hydrogen) atoms. The highest BCUT2D eigenvalue weighted by atomic mass is 16.6. The maximum Gasteiger partial charge on any atom is 0.266 e. The molecule has 7 nitrogen and oxygen atoms in total. The van der Waals surface area contributed by atoms with E-state index in [1.165, 1.54) is 0 Å². The Morgan fingerprint density at radius 1 is 1.21 bits per heavy atom. The standard InChI is InChI=1S/C21H34N4O3/c1-15(2)25(16(3)4)21(26)17(5)28-23-20(22)19-8-6-7-18(13-19)14-24-9-11-27-12-10-24/h6-8,13,15-17H,9-12,14H2,1-5H3,(H2,22,23). The number of nitrogens with zero attached hydrogens (tertiary/aromatic N) is 3. The van der Waals surface area contributed by atoms with Crippen LogP contribution in [0.15, 0.2) is 29.4 Å². The van der Waals surface area contributed by atoms with Crippen molar-refractivity contribution in [1.82, 2.24) is 9.80 Å². The Balaban J connectivity index is 2.00. The topological polar surface area (TPSA) is 80.4 Å². The van der Waals surface area contributed by atoms with Gasteiger partial charge in [-0.2, -0.15) is 0 Å². The quantitative estimate of drug-likeness (QED) is 0.418. The average Bonchev–Trinajstić information content (AvgIpc) is 2.66. The van der Waals surface area contributed by atoms with Crippen LogP contribution in [-0.4, -0.2) is 66.0 Å². The third-order valence-corrected chi connectivity index (χ3v) is 4.76. The van der Waals surface area contributed by atoms with Gasteiger partial charge in [0.1, 0.15) is 0 Å². The molecule has 1 fully saturated rings. The smallest absolute Gasteiger partial charge is 0.266 e. The monoisotopic (exact) mass is 390 g/mol. The van der Waals surface area contributed by atoms with E-state index in [0.717, 1.165) is 44.0 Å². The Bertz CT molecular complexity index is 661. The lowest BCUT2D eigenvalue weighted by Gasteiger charge is -2.32. The summed E-state index contributed by atoms with van der Waals surface area (Å²) in [4.78, 5) is 22.2. The molecule has 0 spiro atoms. The van der Waals surface area contributed by atoms with Crippen LogP contribution in [0.4, 0.5) is 0 Å². The second kappa shape index (κ2) is 10.4. The minimum Gasteiger partial charge on any atom is -0.381 e. The van der Waals surface area contributed by atoms with Crippen molar-refractivity contribution < 1.29 is 14.4 Å². The van der Waals surface area contributed by atoms with E-state index in [-0.39, 0.29) is 23.8 Å². The van der Waals surface area contributed by atoms with Gasteiger partial charge in [0.15, 0.2) is 5.84 Å². The van der Waals surface area contributed by atoms with Gasteiger partial charge < -0.3 is 20.2 Å². The van der Waals surface area contributed by atoms with E-state index in [2.05, 4.69) is 16.1 Å². The second-order valence-corrected chi connectivity index (χ2v) is 7.75. The fourth-order valence-corrected chi connectivity index (χ4v) is 3.40. The maximum atomic E-state index is 12.6. The molecule has 1 aliphatic rings. The number of rotatable bonds is 8. The number of benzene rings is 1. The summed E-state index contributed by atoms with van der Waals surface area (Å²) in [6, 6.07) is 8.13. The van der Waals surface area contributed by atoms with Crippen molar-refractivity contribution >= 4 is 11.7 Å². The Morgan fingerprint density at radius 2 is 1.86 bits per heavy atom. The molecule has 2 N–H and O–H groups in total. The number of hydrogen-bond donors (Lipinski definition) is 1. The second-order valence-electron chi connectivity index (χ2n) is 7.75. The van der Waals surface area contributed by atoms with Gasteiger partial charge in [-0.15, -0.1) is 0 Å². The lowest BCUT2D eigenvalue weighted by molar-refractivity contribution is -0.146. The first-order valence-corrected chi connectivity index (χ1v) is 10.0. The first kappa shape index (κ1) is 22.2. The molecule has 0 aromatic heterocycles. The molecular formula is C21H34N4O3. The number of carbonyl (C=O) groups is 1. The normalized spacial score (nSPS) is 17.0. The number of nitrogens with two attached hydrogens (primary N) is 1. The summed E-state index contributed by atoms with van der Waals surface area (Å²) in [5, 5.41) is 4.02. The number of morpholine rings is 1. The summed E-state index contributed by atoms with van der Waals surface area (Å²) < 4.78 is 5.39. The Hall–Kier alpha value is -2.12. The van der Waals surface area contributed by atoms with Crippen molar-refractivity contribution in [1.29, 1.82) is 0 Å². The third-order valence-electron chi connectivity index (χ3n) is 4.76. The van der Waals surface area contributed by atoms with Crippen molar-refractivity contribution in [3.63, 3.8) is 0 Å². The molecule has 7 heteroatoms. The maximum absolute atomic E-state index is 12.6. The van der Waals surface area contributed by atoms with E-state index in [4.69, 9.17) is 15.3 Å². The summed E-state index contributed by atoms with van der Waals surface area (Å²) in [6.07, 6.45) is -0.695. The minimum absolute atomic E-state index is 0.0942. The van der Waals surface area contributed by atoms with Crippen LogP contribution in [0, 0.1) is 0 Å². The van der Waals surface area contributed by atoms with Gasteiger partial charge in [-0.25, -0.2) is 0 Å². The van der Waals surface area contributed by atoms with Crippen molar-refractivity contribution in [2.24, 2.45) is 10.9 Å². The minimum atomic E-state index is -0.695. The van der Waals surface area contributed by atoms with Crippen molar-refractivity contribution in [3.05, 3.63) is 35.4 Å². The highest BCUT2D eigenvalue weighted by molar-refractivity contribution is 5.97. The van der Waals surface area contributed by atoms with Gasteiger partial charge in [0, 0.05) is 37.3 Å². The Kier molecular flexibility index (Phi) is 8.26. The van der Waals surface area contributed by atoms with E-state index in [1.54, 1.807) is 11.8 Å². The van der Waals surface area contributed by atoms with E-state index in [9.17, 15) is 4.79 Å². The van der Waals surface area contributed by atoms with Gasteiger partial charge in [0.2, 0.25) is 6.10 Å². The fourth-order valence-electron chi connectivity index (χ4n) is 3.40. The molecule has 1 aromatic rings. The molecule has 2 rings (SSSR count). The highest BCUT2D eigenvalue weighted by Crippen LogP contribution is 2.12. The molecule has 1 heterocycles. The molecule has 0 bridgehead atoms. The molecule has 0 saturated carbocycles. The van der Waals surface area contributed by atoms with Gasteiger partial charge in [0.25, 0.3) is 5.91 Å². The van der Waals surface area contributed by atoms with Crippen LogP contribution < -0.4 is 5.73 Å². The Morgan fingerprint density at radius 3 is 2.46 bits per heavy atom. The van der Waals surface area contributed by atoms with E-state index < -0.39 is 6.10 Å². The SMILES string of the molecule is CC(ON=C(N)c1cccc(CN2CCOCC2)c1)C(=O)N(C(C)C)C(C)C. The number of ether oxygens (including phenoxy) is 1. The summed E-state index contributed by atoms with van der Waals surface area (Å²) in [7, 11) is 0. The van der Waals surface area contributed by atoms with Crippen LogP contribution in [0.2, 0.25) is 0 Å². The van der Waals surface area contributed by atoms with Crippen LogP contribution in [0.1, 0.15) is 45.7 Å². The molecule has 1 saturated heterocycles. The predicted molar refractivity (Wildman–Crippen MR) is 111 cm³/mol. The van der Waals surface area contributed by atoms with Crippen LogP contribution in [-0.2, 0) is 20.9 Å². The Labute approximate surface area is 168 Å². The largest absolute Gasteiger partial charge is 0.381 e. The number of oxime groups is 1. The molecule has 1 atom stereocenters. The lowest BCUT2D eigenvalue weighted by Crippen LogP contribution is -2.46. The zero-order valence-corrected chi connectivity index (χ0v) is 17.7. The molecule has 1 aliphatic heterocycles. The van der Waals surface area contributed by atoms with Gasteiger partial charge in [0.05, 0.1) is 13.2 Å². The van der Waals surface area contributed by atoms with Gasteiger partial charge in [-0.05, 0) is 46.2 Å². The van der Waals surface area contributed by atoms with E-state index in [1.807, 2.05) is 45.9 Å². The van der Waals surface area contributed by atoms with Crippen LogP contribution in [0.25, 0.3) is 0 Å². The predicted octanol–water partition coefficient (Wildman–Crippen LogP) is 2.19. The van der Waals surface area contributed by atoms with Crippen LogP contribution in [0.5, 0.6) is 0 Å². The molecular weight excluding hydrogens is 356 g/mol. The molecule has 0 aliphatic carbocycles. The molecule has 1 unspecified atom stereocenters. The van der Waals surface area contributed by atoms with Crippen molar-refractivity contribution in [2.75, 3.05) is 26.3 Å². The summed E-state index contributed by atoms with van der Waals surface area (Å²) in [5.41, 5.74) is 8.05. The summed E-state index contributed by atoms with van der Waals surface area (Å²) in [5.74, 6) is 0.173. The number of hydrogen-bond acceptors (Lipinski definition) is 5. The van der Waals surface area contributed by atoms with Crippen molar-refractivity contribution in [2.45, 2.75) is 59.4 Å².